The van der Waals surface area contributed by atoms with E-state index in [-0.39, 0.29) is 5.91 Å². The van der Waals surface area contributed by atoms with Gasteiger partial charge in [0.25, 0.3) is 0 Å². The summed E-state index contributed by atoms with van der Waals surface area (Å²) in [6.45, 7) is 3.67. The Morgan fingerprint density at radius 2 is 2.05 bits per heavy atom. The van der Waals surface area contributed by atoms with E-state index in [1.165, 1.54) is 28.8 Å². The lowest BCUT2D eigenvalue weighted by Crippen LogP contribution is -2.05. The summed E-state index contributed by atoms with van der Waals surface area (Å²) in [7, 11) is 0. The lowest BCUT2D eigenvalue weighted by molar-refractivity contribution is -0.114. The summed E-state index contributed by atoms with van der Waals surface area (Å²) in [6, 6.07) is 12.3. The van der Waals surface area contributed by atoms with Gasteiger partial charge in [-0.3, -0.25) is 4.79 Å². The van der Waals surface area contributed by atoms with Crippen LogP contribution >= 0.6 is 0 Å². The third kappa shape index (κ3) is 1.97. The van der Waals surface area contributed by atoms with E-state index in [1.807, 2.05) is 12.1 Å². The zero-order valence-electron chi connectivity index (χ0n) is 11.1. The number of carbonyl (C=O) groups is 1. The Kier molecular flexibility index (Phi) is 2.75. The Balaban J connectivity index is 2.24. The number of nitrogens with one attached hydrogen (secondary N) is 2. The number of H-pyrrole nitrogens is 1. The van der Waals surface area contributed by atoms with Crippen molar-refractivity contribution in [1.29, 1.82) is 0 Å². The van der Waals surface area contributed by atoms with Crippen LogP contribution in [-0.4, -0.2) is 10.9 Å². The molecule has 0 fully saturated rings. The lowest BCUT2D eigenvalue weighted by atomic mass is 10.1. The highest BCUT2D eigenvalue weighted by molar-refractivity contribution is 6.09. The van der Waals surface area contributed by atoms with Crippen LogP contribution in [0.25, 0.3) is 21.8 Å². The molecule has 0 aliphatic heterocycles. The van der Waals surface area contributed by atoms with E-state index in [9.17, 15) is 4.79 Å². The molecule has 2 aromatic carbocycles. The molecule has 96 valence electrons. The highest BCUT2D eigenvalue weighted by Crippen LogP contribution is 2.29. The number of fused-ring (bicyclic) bond motifs is 3. The third-order valence-electron chi connectivity index (χ3n) is 3.42. The van der Waals surface area contributed by atoms with Crippen LogP contribution < -0.4 is 5.32 Å². The Morgan fingerprint density at radius 1 is 1.21 bits per heavy atom. The summed E-state index contributed by atoms with van der Waals surface area (Å²) >= 11 is 0. The van der Waals surface area contributed by atoms with Crippen LogP contribution in [0.5, 0.6) is 0 Å². The first-order valence-electron chi connectivity index (χ1n) is 6.50. The van der Waals surface area contributed by atoms with Crippen molar-refractivity contribution in [1.82, 2.24) is 4.98 Å². The molecule has 1 heterocycles. The second-order valence-electron chi connectivity index (χ2n) is 4.76. The molecule has 0 bridgehead atoms. The number of amides is 1. The molecule has 0 radical (unpaired) electrons. The van der Waals surface area contributed by atoms with Gasteiger partial charge in [0.1, 0.15) is 0 Å². The molecule has 2 N–H and O–H groups in total. The van der Waals surface area contributed by atoms with Crippen LogP contribution in [-0.2, 0) is 11.2 Å². The third-order valence-corrected chi connectivity index (χ3v) is 3.42. The van der Waals surface area contributed by atoms with E-state index in [2.05, 4.69) is 41.5 Å². The van der Waals surface area contributed by atoms with E-state index in [0.29, 0.717) is 0 Å². The smallest absolute Gasteiger partial charge is 0.221 e. The molecule has 0 unspecified atom stereocenters. The molecule has 19 heavy (non-hydrogen) atoms. The number of anilines is 1. The second-order valence-corrected chi connectivity index (χ2v) is 4.76. The van der Waals surface area contributed by atoms with Gasteiger partial charge in [-0.05, 0) is 24.1 Å². The Bertz CT molecular complexity index is 771. The fourth-order valence-electron chi connectivity index (χ4n) is 2.57. The van der Waals surface area contributed by atoms with Crippen LogP contribution in [0.1, 0.15) is 19.4 Å². The number of hydrogen-bond donors (Lipinski definition) is 2. The molecule has 0 spiro atoms. The molecule has 1 amide bonds. The molecule has 3 rings (SSSR count). The van der Waals surface area contributed by atoms with Crippen LogP contribution in [0.15, 0.2) is 36.4 Å². The zero-order chi connectivity index (χ0) is 13.4. The molecular weight excluding hydrogens is 236 g/mol. The van der Waals surface area contributed by atoms with Crippen molar-refractivity contribution < 1.29 is 4.79 Å². The van der Waals surface area contributed by atoms with Gasteiger partial charge in [-0.25, -0.2) is 0 Å². The zero-order valence-corrected chi connectivity index (χ0v) is 11.1. The first-order chi connectivity index (χ1) is 9.19. The van der Waals surface area contributed by atoms with Gasteiger partial charge < -0.3 is 10.3 Å². The summed E-state index contributed by atoms with van der Waals surface area (Å²) in [5, 5.41) is 5.24. The number of para-hydroxylation sites is 1. The molecule has 3 heteroatoms. The predicted octanol–water partition coefficient (Wildman–Crippen LogP) is 3.84. The lowest BCUT2D eigenvalue weighted by Gasteiger charge is -2.01. The maximum atomic E-state index is 11.1. The van der Waals surface area contributed by atoms with Gasteiger partial charge >= 0.3 is 0 Å². The number of hydrogen-bond acceptors (Lipinski definition) is 1. The normalized spacial score (nSPS) is 11.1. The monoisotopic (exact) mass is 252 g/mol. The highest BCUT2D eigenvalue weighted by atomic mass is 16.1. The SMILES string of the molecule is CCc1cccc2c1[nH]c1cc(NC(C)=O)ccc12. The minimum atomic E-state index is -0.0512. The number of rotatable bonds is 2. The van der Waals surface area contributed by atoms with E-state index in [0.717, 1.165) is 17.6 Å². The fourth-order valence-corrected chi connectivity index (χ4v) is 2.57. The van der Waals surface area contributed by atoms with Gasteiger partial charge in [-0.2, -0.15) is 0 Å². The van der Waals surface area contributed by atoms with Gasteiger partial charge in [0, 0.05) is 34.4 Å². The molecule has 0 aliphatic rings. The standard InChI is InChI=1S/C16H16N2O/c1-3-11-5-4-6-14-13-8-7-12(17-10(2)19)9-15(13)18-16(11)14/h4-9,18H,3H2,1-2H3,(H,17,19). The molecule has 1 aromatic heterocycles. The molecule has 3 aromatic rings. The first kappa shape index (κ1) is 11.8. The second kappa shape index (κ2) is 4.43. The number of aromatic amines is 1. The van der Waals surface area contributed by atoms with Gasteiger partial charge in [-0.1, -0.05) is 31.2 Å². The number of aryl methyl sites for hydroxylation is 1. The van der Waals surface area contributed by atoms with Crippen molar-refractivity contribution in [3.8, 4) is 0 Å². The summed E-state index contributed by atoms with van der Waals surface area (Å²) in [4.78, 5) is 14.6. The molecule has 0 saturated carbocycles. The van der Waals surface area contributed by atoms with E-state index in [4.69, 9.17) is 0 Å². The van der Waals surface area contributed by atoms with Gasteiger partial charge in [0.2, 0.25) is 5.91 Å². The quantitative estimate of drug-likeness (QED) is 0.715. The average Bonchev–Trinajstić information content (AvgIpc) is 2.75. The van der Waals surface area contributed by atoms with Crippen LogP contribution in [0.4, 0.5) is 5.69 Å². The largest absolute Gasteiger partial charge is 0.354 e. The van der Waals surface area contributed by atoms with E-state index < -0.39 is 0 Å². The summed E-state index contributed by atoms with van der Waals surface area (Å²) in [5.74, 6) is -0.0512. The van der Waals surface area contributed by atoms with Crippen LogP contribution in [0.2, 0.25) is 0 Å². The predicted molar refractivity (Wildman–Crippen MR) is 79.5 cm³/mol. The van der Waals surface area contributed by atoms with Crippen molar-refractivity contribution in [2.45, 2.75) is 20.3 Å². The minimum Gasteiger partial charge on any atom is -0.354 e. The Labute approximate surface area is 111 Å². The van der Waals surface area contributed by atoms with Crippen molar-refractivity contribution in [2.24, 2.45) is 0 Å². The Hall–Kier alpha value is -2.29. The Morgan fingerprint density at radius 3 is 2.79 bits per heavy atom. The molecular formula is C16H16N2O. The highest BCUT2D eigenvalue weighted by Gasteiger charge is 2.07. The molecule has 0 saturated heterocycles. The van der Waals surface area contributed by atoms with E-state index >= 15 is 0 Å². The molecule has 3 nitrogen and oxygen atoms in total. The molecule has 0 aliphatic carbocycles. The van der Waals surface area contributed by atoms with Crippen molar-refractivity contribution in [3.05, 3.63) is 42.0 Å². The summed E-state index contributed by atoms with van der Waals surface area (Å²) in [5.41, 5.74) is 4.39. The van der Waals surface area contributed by atoms with Crippen LogP contribution in [0.3, 0.4) is 0 Å². The summed E-state index contributed by atoms with van der Waals surface area (Å²) < 4.78 is 0. The van der Waals surface area contributed by atoms with Gasteiger partial charge in [0.15, 0.2) is 0 Å². The summed E-state index contributed by atoms with van der Waals surface area (Å²) in [6.07, 6.45) is 1.00. The number of benzene rings is 2. The topological polar surface area (TPSA) is 44.9 Å². The first-order valence-corrected chi connectivity index (χ1v) is 6.50. The molecule has 0 atom stereocenters. The van der Waals surface area contributed by atoms with E-state index in [1.54, 1.807) is 0 Å². The van der Waals surface area contributed by atoms with Crippen LogP contribution in [0, 0.1) is 0 Å². The van der Waals surface area contributed by atoms with Crippen molar-refractivity contribution in [2.75, 3.05) is 5.32 Å². The average molecular weight is 252 g/mol. The van der Waals surface area contributed by atoms with Crippen molar-refractivity contribution in [3.63, 3.8) is 0 Å². The fraction of sp³-hybridized carbons (Fsp3) is 0.188. The number of carbonyl (C=O) groups excluding carboxylic acids is 1. The number of aromatic nitrogens is 1. The van der Waals surface area contributed by atoms with Gasteiger partial charge in [-0.15, -0.1) is 0 Å². The van der Waals surface area contributed by atoms with Gasteiger partial charge in [0.05, 0.1) is 0 Å². The maximum Gasteiger partial charge on any atom is 0.221 e. The maximum absolute atomic E-state index is 11.1. The van der Waals surface area contributed by atoms with Crippen molar-refractivity contribution >= 4 is 33.4 Å². The minimum absolute atomic E-state index is 0.0512.